The maximum absolute atomic E-state index is 12.1. The Morgan fingerprint density at radius 2 is 2.05 bits per heavy atom. The summed E-state index contributed by atoms with van der Waals surface area (Å²) in [5.74, 6) is 0.212. The Hall–Kier alpha value is -1.69. The van der Waals surface area contributed by atoms with Gasteiger partial charge in [-0.3, -0.25) is 4.79 Å². The summed E-state index contributed by atoms with van der Waals surface area (Å²) in [7, 11) is 0. The van der Waals surface area contributed by atoms with Crippen molar-refractivity contribution in [2.75, 3.05) is 13.1 Å². The van der Waals surface area contributed by atoms with Gasteiger partial charge in [-0.2, -0.15) is 0 Å². The molecule has 3 rings (SSSR count). The number of benzene rings is 1. The monoisotopic (exact) mass is 334 g/mol. The number of rotatable bonds is 4. The van der Waals surface area contributed by atoms with E-state index in [9.17, 15) is 4.79 Å². The molecular formula is C14H15BrN4O. The van der Waals surface area contributed by atoms with Crippen molar-refractivity contribution in [1.82, 2.24) is 19.9 Å². The second-order valence-corrected chi connectivity index (χ2v) is 5.88. The number of nitrogens with zero attached hydrogens (tertiary/aromatic N) is 4. The smallest absolute Gasteiger partial charge is 0.223 e. The Morgan fingerprint density at radius 3 is 2.70 bits per heavy atom. The molecule has 0 aliphatic carbocycles. The minimum atomic E-state index is 0.212. The van der Waals surface area contributed by atoms with Gasteiger partial charge in [0.1, 0.15) is 0 Å². The third kappa shape index (κ3) is 2.90. The maximum atomic E-state index is 12.1. The predicted octanol–water partition coefficient (Wildman–Crippen LogP) is 2.06. The van der Waals surface area contributed by atoms with Crippen LogP contribution in [-0.4, -0.2) is 38.9 Å². The topological polar surface area (TPSA) is 51.0 Å². The van der Waals surface area contributed by atoms with Gasteiger partial charge < -0.3 is 4.90 Å². The Bertz CT molecular complexity index is 576. The van der Waals surface area contributed by atoms with Gasteiger partial charge >= 0.3 is 0 Å². The third-order valence-corrected chi connectivity index (χ3v) is 4.10. The quantitative estimate of drug-likeness (QED) is 0.859. The number of hydrogen-bond donors (Lipinski definition) is 0. The summed E-state index contributed by atoms with van der Waals surface area (Å²) in [5.41, 5.74) is 1.19. The molecule has 1 aliphatic rings. The lowest BCUT2D eigenvalue weighted by atomic mass is 10.1. The van der Waals surface area contributed by atoms with E-state index in [1.165, 1.54) is 5.56 Å². The van der Waals surface area contributed by atoms with E-state index < -0.39 is 0 Å². The molecule has 6 heteroatoms. The van der Waals surface area contributed by atoms with Crippen LogP contribution in [0.15, 0.2) is 41.1 Å². The van der Waals surface area contributed by atoms with Crippen molar-refractivity contribution >= 4 is 21.8 Å². The SMILES string of the molecule is O=C(CCc1ccc(Br)cc1)N1CC(n2ccnn2)C1. The van der Waals surface area contributed by atoms with Gasteiger partial charge in [-0.1, -0.05) is 33.3 Å². The van der Waals surface area contributed by atoms with E-state index in [4.69, 9.17) is 0 Å². The lowest BCUT2D eigenvalue weighted by Crippen LogP contribution is -2.50. The molecule has 0 radical (unpaired) electrons. The van der Waals surface area contributed by atoms with Gasteiger partial charge in [0, 0.05) is 30.2 Å². The summed E-state index contributed by atoms with van der Waals surface area (Å²) in [5, 5.41) is 7.74. The van der Waals surface area contributed by atoms with Crippen LogP contribution in [0.25, 0.3) is 0 Å². The molecule has 0 atom stereocenters. The number of amides is 1. The maximum Gasteiger partial charge on any atom is 0.223 e. The number of carbonyl (C=O) groups is 1. The Balaban J connectivity index is 1.46. The van der Waals surface area contributed by atoms with Gasteiger partial charge in [0.15, 0.2) is 0 Å². The fourth-order valence-electron chi connectivity index (χ4n) is 2.30. The lowest BCUT2D eigenvalue weighted by molar-refractivity contribution is -0.137. The highest BCUT2D eigenvalue weighted by Gasteiger charge is 2.31. The molecule has 0 unspecified atom stereocenters. The van der Waals surface area contributed by atoms with Crippen molar-refractivity contribution in [3.8, 4) is 0 Å². The molecule has 5 nitrogen and oxygen atoms in total. The molecule has 2 heterocycles. The molecule has 1 aliphatic heterocycles. The van der Waals surface area contributed by atoms with Gasteiger partial charge in [0.2, 0.25) is 5.91 Å². The van der Waals surface area contributed by atoms with Crippen molar-refractivity contribution in [1.29, 1.82) is 0 Å². The molecule has 1 aromatic carbocycles. The zero-order valence-corrected chi connectivity index (χ0v) is 12.5. The molecule has 1 fully saturated rings. The van der Waals surface area contributed by atoms with Crippen molar-refractivity contribution in [3.05, 3.63) is 46.7 Å². The molecule has 0 saturated carbocycles. The zero-order chi connectivity index (χ0) is 13.9. The number of carbonyl (C=O) groups excluding carboxylic acids is 1. The van der Waals surface area contributed by atoms with E-state index in [2.05, 4.69) is 26.2 Å². The lowest BCUT2D eigenvalue weighted by Gasteiger charge is -2.38. The van der Waals surface area contributed by atoms with E-state index in [0.717, 1.165) is 24.0 Å². The van der Waals surface area contributed by atoms with Crippen LogP contribution in [0, 0.1) is 0 Å². The Kier molecular flexibility index (Phi) is 3.82. The molecule has 0 N–H and O–H groups in total. The molecule has 104 valence electrons. The first-order chi connectivity index (χ1) is 9.72. The largest absolute Gasteiger partial charge is 0.338 e. The van der Waals surface area contributed by atoms with Crippen molar-refractivity contribution in [2.24, 2.45) is 0 Å². The summed E-state index contributed by atoms with van der Waals surface area (Å²) in [6, 6.07) is 8.39. The van der Waals surface area contributed by atoms with Crippen LogP contribution in [-0.2, 0) is 11.2 Å². The van der Waals surface area contributed by atoms with Gasteiger partial charge in [-0.25, -0.2) is 4.68 Å². The first kappa shape index (κ1) is 13.3. The van der Waals surface area contributed by atoms with Crippen LogP contribution in [0.4, 0.5) is 0 Å². The molecule has 1 saturated heterocycles. The minimum Gasteiger partial charge on any atom is -0.338 e. The highest BCUT2D eigenvalue weighted by molar-refractivity contribution is 9.10. The number of hydrogen-bond acceptors (Lipinski definition) is 3. The van der Waals surface area contributed by atoms with Crippen molar-refractivity contribution in [2.45, 2.75) is 18.9 Å². The zero-order valence-electron chi connectivity index (χ0n) is 10.9. The summed E-state index contributed by atoms with van der Waals surface area (Å²) in [6.45, 7) is 1.48. The Labute approximate surface area is 125 Å². The average molecular weight is 335 g/mol. The van der Waals surface area contributed by atoms with Gasteiger partial charge in [0.25, 0.3) is 0 Å². The molecule has 1 aromatic heterocycles. The van der Waals surface area contributed by atoms with Gasteiger partial charge in [-0.15, -0.1) is 5.10 Å². The second kappa shape index (κ2) is 5.75. The van der Waals surface area contributed by atoms with Crippen LogP contribution in [0.3, 0.4) is 0 Å². The predicted molar refractivity (Wildman–Crippen MR) is 78.1 cm³/mol. The molecule has 20 heavy (non-hydrogen) atoms. The molecule has 0 spiro atoms. The fraction of sp³-hybridized carbons (Fsp3) is 0.357. The second-order valence-electron chi connectivity index (χ2n) is 4.96. The summed E-state index contributed by atoms with van der Waals surface area (Å²) < 4.78 is 2.88. The normalized spacial score (nSPS) is 15.2. The number of aromatic nitrogens is 3. The Morgan fingerprint density at radius 1 is 1.30 bits per heavy atom. The molecule has 1 amide bonds. The highest BCUT2D eigenvalue weighted by atomic mass is 79.9. The van der Waals surface area contributed by atoms with Crippen LogP contribution < -0.4 is 0 Å². The van der Waals surface area contributed by atoms with E-state index in [0.29, 0.717) is 6.42 Å². The van der Waals surface area contributed by atoms with E-state index >= 15 is 0 Å². The fourth-order valence-corrected chi connectivity index (χ4v) is 2.56. The number of likely N-dealkylation sites (tertiary alicyclic amines) is 1. The first-order valence-corrected chi connectivity index (χ1v) is 7.40. The van der Waals surface area contributed by atoms with E-state index in [1.54, 1.807) is 6.20 Å². The van der Waals surface area contributed by atoms with E-state index in [1.807, 2.05) is 40.0 Å². The van der Waals surface area contributed by atoms with Crippen LogP contribution >= 0.6 is 15.9 Å². The average Bonchev–Trinajstić information content (AvgIpc) is 2.90. The summed E-state index contributed by atoms with van der Waals surface area (Å²) in [4.78, 5) is 13.9. The number of aryl methyl sites for hydroxylation is 1. The van der Waals surface area contributed by atoms with Gasteiger partial charge in [0.05, 0.1) is 12.2 Å². The standard InChI is InChI=1S/C14H15BrN4O/c15-12-4-1-11(2-5-12)3-6-14(20)18-9-13(10-18)19-8-7-16-17-19/h1-2,4-5,7-8,13H,3,6,9-10H2. The van der Waals surface area contributed by atoms with Crippen LogP contribution in [0.5, 0.6) is 0 Å². The third-order valence-electron chi connectivity index (χ3n) is 3.57. The van der Waals surface area contributed by atoms with Crippen LogP contribution in [0.2, 0.25) is 0 Å². The van der Waals surface area contributed by atoms with Crippen LogP contribution in [0.1, 0.15) is 18.0 Å². The summed E-state index contributed by atoms with van der Waals surface area (Å²) in [6.07, 6.45) is 4.86. The van der Waals surface area contributed by atoms with Gasteiger partial charge in [-0.05, 0) is 24.1 Å². The number of halogens is 1. The molecule has 2 aromatic rings. The molecule has 0 bridgehead atoms. The summed E-state index contributed by atoms with van der Waals surface area (Å²) >= 11 is 3.41. The first-order valence-electron chi connectivity index (χ1n) is 6.60. The minimum absolute atomic E-state index is 0.212. The van der Waals surface area contributed by atoms with E-state index in [-0.39, 0.29) is 11.9 Å². The molecular weight excluding hydrogens is 320 g/mol. The highest BCUT2D eigenvalue weighted by Crippen LogP contribution is 2.21. The van der Waals surface area contributed by atoms with Crippen molar-refractivity contribution < 1.29 is 4.79 Å². The van der Waals surface area contributed by atoms with Crippen molar-refractivity contribution in [3.63, 3.8) is 0 Å².